The van der Waals surface area contributed by atoms with Gasteiger partial charge < -0.3 is 10.1 Å². The van der Waals surface area contributed by atoms with E-state index >= 15 is 0 Å². The second-order valence-electron chi connectivity index (χ2n) is 6.03. The maximum Gasteiger partial charge on any atom is 0.343 e. The van der Waals surface area contributed by atoms with Gasteiger partial charge in [-0.3, -0.25) is 4.79 Å². The standard InChI is InChI=1S/C21H12BrF4NO3/c22-13-8-4-7-12(9-13)21(29)30-19-17(25)15(23)14(16(24)18(19)26)20(28)27-10-11-5-2-1-3-6-11/h1-9H,10H2,(H,27,28). The lowest BCUT2D eigenvalue weighted by Gasteiger charge is -2.12. The fourth-order valence-corrected chi connectivity index (χ4v) is 2.93. The van der Waals surface area contributed by atoms with Gasteiger partial charge in [-0.25, -0.2) is 13.6 Å². The minimum atomic E-state index is -2.00. The second-order valence-corrected chi connectivity index (χ2v) is 6.94. The average molecular weight is 482 g/mol. The molecule has 0 unspecified atom stereocenters. The fraction of sp³-hybridized carbons (Fsp3) is 0.0476. The Balaban J connectivity index is 1.87. The van der Waals surface area contributed by atoms with E-state index in [1.54, 1.807) is 36.4 Å². The molecule has 0 heterocycles. The first-order chi connectivity index (χ1) is 14.3. The van der Waals surface area contributed by atoms with Gasteiger partial charge in [0.05, 0.1) is 5.56 Å². The molecule has 0 radical (unpaired) electrons. The van der Waals surface area contributed by atoms with Crippen molar-refractivity contribution < 1.29 is 31.9 Å². The molecular formula is C21H12BrF4NO3. The lowest BCUT2D eigenvalue weighted by Crippen LogP contribution is -2.26. The van der Waals surface area contributed by atoms with E-state index in [9.17, 15) is 27.2 Å². The molecule has 0 saturated carbocycles. The highest BCUT2D eigenvalue weighted by Gasteiger charge is 2.31. The molecule has 0 aliphatic heterocycles. The molecule has 0 aliphatic rings. The second kappa shape index (κ2) is 9.08. The van der Waals surface area contributed by atoms with Gasteiger partial charge in [-0.15, -0.1) is 0 Å². The number of carbonyl (C=O) groups is 2. The van der Waals surface area contributed by atoms with Crippen LogP contribution in [0.2, 0.25) is 0 Å². The summed E-state index contributed by atoms with van der Waals surface area (Å²) in [6.45, 7) is -0.124. The third kappa shape index (κ3) is 4.51. The van der Waals surface area contributed by atoms with Crippen LogP contribution in [0.5, 0.6) is 5.75 Å². The molecule has 1 N–H and O–H groups in total. The number of esters is 1. The van der Waals surface area contributed by atoms with Crippen molar-refractivity contribution in [2.24, 2.45) is 0 Å². The Morgan fingerprint density at radius 2 is 1.50 bits per heavy atom. The molecule has 0 saturated heterocycles. The summed E-state index contributed by atoms with van der Waals surface area (Å²) in [6.07, 6.45) is 0. The molecule has 4 nitrogen and oxygen atoms in total. The van der Waals surface area contributed by atoms with Crippen LogP contribution in [-0.4, -0.2) is 11.9 Å². The van der Waals surface area contributed by atoms with Crippen LogP contribution in [0.1, 0.15) is 26.3 Å². The number of nitrogens with one attached hydrogen (secondary N) is 1. The van der Waals surface area contributed by atoms with E-state index in [0.29, 0.717) is 10.0 Å². The highest BCUT2D eigenvalue weighted by molar-refractivity contribution is 9.10. The predicted molar refractivity (Wildman–Crippen MR) is 103 cm³/mol. The summed E-state index contributed by atoms with van der Waals surface area (Å²) in [5, 5.41) is 2.18. The van der Waals surface area contributed by atoms with Crippen LogP contribution in [0.4, 0.5) is 17.6 Å². The van der Waals surface area contributed by atoms with E-state index in [-0.39, 0.29) is 12.1 Å². The number of amides is 1. The number of rotatable bonds is 5. The molecular weight excluding hydrogens is 470 g/mol. The van der Waals surface area contributed by atoms with Gasteiger partial charge in [0.2, 0.25) is 17.4 Å². The summed E-state index contributed by atoms with van der Waals surface area (Å²) in [6, 6.07) is 14.0. The van der Waals surface area contributed by atoms with Crippen molar-refractivity contribution in [2.75, 3.05) is 0 Å². The zero-order chi connectivity index (χ0) is 21.8. The Kier molecular flexibility index (Phi) is 6.51. The van der Waals surface area contributed by atoms with Crippen LogP contribution in [0, 0.1) is 23.3 Å². The first-order valence-electron chi connectivity index (χ1n) is 8.45. The number of hydrogen-bond donors (Lipinski definition) is 1. The quantitative estimate of drug-likeness (QED) is 0.237. The molecule has 3 aromatic rings. The maximum atomic E-state index is 14.4. The van der Waals surface area contributed by atoms with Crippen LogP contribution < -0.4 is 10.1 Å². The predicted octanol–water partition coefficient (Wildman–Crippen LogP) is 5.15. The largest absolute Gasteiger partial charge is 0.416 e. The van der Waals surface area contributed by atoms with Gasteiger partial charge >= 0.3 is 5.97 Å². The molecule has 154 valence electrons. The zero-order valence-electron chi connectivity index (χ0n) is 15.0. The van der Waals surface area contributed by atoms with Crippen molar-refractivity contribution in [3.05, 3.63) is 99.0 Å². The lowest BCUT2D eigenvalue weighted by atomic mass is 10.1. The number of halogens is 5. The number of hydrogen-bond acceptors (Lipinski definition) is 3. The van der Waals surface area contributed by atoms with E-state index in [4.69, 9.17) is 0 Å². The first-order valence-corrected chi connectivity index (χ1v) is 9.24. The molecule has 0 bridgehead atoms. The van der Waals surface area contributed by atoms with Gasteiger partial charge in [0.25, 0.3) is 5.91 Å². The summed E-state index contributed by atoms with van der Waals surface area (Å²) in [7, 11) is 0. The zero-order valence-corrected chi connectivity index (χ0v) is 16.6. The molecule has 0 fully saturated rings. The molecule has 3 aromatic carbocycles. The highest BCUT2D eigenvalue weighted by Crippen LogP contribution is 2.31. The van der Waals surface area contributed by atoms with Gasteiger partial charge in [-0.05, 0) is 23.8 Å². The summed E-state index contributed by atoms with van der Waals surface area (Å²) in [5.74, 6) is -12.1. The third-order valence-electron chi connectivity index (χ3n) is 4.00. The summed E-state index contributed by atoms with van der Waals surface area (Å²) >= 11 is 3.10. The first kappa shape index (κ1) is 21.5. The number of carbonyl (C=O) groups excluding carboxylic acids is 2. The Morgan fingerprint density at radius 1 is 0.867 bits per heavy atom. The van der Waals surface area contributed by atoms with Crippen molar-refractivity contribution in [3.8, 4) is 5.75 Å². The topological polar surface area (TPSA) is 55.4 Å². The van der Waals surface area contributed by atoms with Gasteiger partial charge in [-0.1, -0.05) is 52.3 Å². The Labute approximate surface area is 176 Å². The van der Waals surface area contributed by atoms with Crippen LogP contribution in [-0.2, 0) is 6.54 Å². The van der Waals surface area contributed by atoms with Crippen molar-refractivity contribution >= 4 is 27.8 Å². The fourth-order valence-electron chi connectivity index (χ4n) is 2.53. The highest BCUT2D eigenvalue weighted by atomic mass is 79.9. The minimum Gasteiger partial charge on any atom is -0.416 e. The van der Waals surface area contributed by atoms with Crippen molar-refractivity contribution in [2.45, 2.75) is 6.54 Å². The monoisotopic (exact) mass is 481 g/mol. The van der Waals surface area contributed by atoms with E-state index in [1.165, 1.54) is 18.2 Å². The van der Waals surface area contributed by atoms with Gasteiger partial charge in [0.15, 0.2) is 11.6 Å². The molecule has 0 aromatic heterocycles. The minimum absolute atomic E-state index is 0.117. The van der Waals surface area contributed by atoms with Gasteiger partial charge in [0, 0.05) is 11.0 Å². The van der Waals surface area contributed by atoms with Crippen LogP contribution in [0.3, 0.4) is 0 Å². The molecule has 3 rings (SSSR count). The summed E-state index contributed by atoms with van der Waals surface area (Å²) in [4.78, 5) is 24.2. The van der Waals surface area contributed by atoms with Crippen molar-refractivity contribution in [1.82, 2.24) is 5.32 Å². The average Bonchev–Trinajstić information content (AvgIpc) is 2.74. The van der Waals surface area contributed by atoms with E-state index in [1.807, 2.05) is 0 Å². The molecule has 0 spiro atoms. The lowest BCUT2D eigenvalue weighted by molar-refractivity contribution is 0.0717. The third-order valence-corrected chi connectivity index (χ3v) is 4.49. The van der Waals surface area contributed by atoms with E-state index in [2.05, 4.69) is 26.0 Å². The maximum absolute atomic E-state index is 14.4. The van der Waals surface area contributed by atoms with Crippen molar-refractivity contribution in [3.63, 3.8) is 0 Å². The smallest absolute Gasteiger partial charge is 0.343 e. The number of ether oxygens (including phenoxy) is 1. The van der Waals surface area contributed by atoms with E-state index in [0.717, 1.165) is 0 Å². The summed E-state index contributed by atoms with van der Waals surface area (Å²) < 4.78 is 62.4. The van der Waals surface area contributed by atoms with Crippen LogP contribution in [0.25, 0.3) is 0 Å². The number of benzene rings is 3. The summed E-state index contributed by atoms with van der Waals surface area (Å²) in [5.41, 5.74) is -0.968. The molecule has 9 heteroatoms. The molecule has 1 amide bonds. The normalized spacial score (nSPS) is 10.6. The SMILES string of the molecule is O=C(Oc1c(F)c(F)c(C(=O)NCc2ccccc2)c(F)c1F)c1cccc(Br)c1. The van der Waals surface area contributed by atoms with Crippen LogP contribution >= 0.6 is 15.9 Å². The molecule has 0 atom stereocenters. The Bertz CT molecular complexity index is 1090. The Morgan fingerprint density at radius 3 is 2.10 bits per heavy atom. The van der Waals surface area contributed by atoms with Gasteiger partial charge in [-0.2, -0.15) is 8.78 Å². The Hall–Kier alpha value is -3.20. The van der Waals surface area contributed by atoms with Crippen molar-refractivity contribution in [1.29, 1.82) is 0 Å². The van der Waals surface area contributed by atoms with E-state index < -0.39 is 46.5 Å². The molecule has 30 heavy (non-hydrogen) atoms. The molecule has 0 aliphatic carbocycles. The van der Waals surface area contributed by atoms with Crippen LogP contribution in [0.15, 0.2) is 59.1 Å². The van der Waals surface area contributed by atoms with Gasteiger partial charge in [0.1, 0.15) is 5.56 Å².